The molecule has 1 fully saturated rings. The quantitative estimate of drug-likeness (QED) is 0.696. The first-order valence-electron chi connectivity index (χ1n) is 6.51. The molecular formula is C15H20O3. The lowest BCUT2D eigenvalue weighted by molar-refractivity contribution is -0.133. The van der Waals surface area contributed by atoms with Gasteiger partial charge in [-0.05, 0) is 30.5 Å². The van der Waals surface area contributed by atoms with Crippen LogP contribution in [0.3, 0.4) is 0 Å². The van der Waals surface area contributed by atoms with Gasteiger partial charge in [-0.2, -0.15) is 0 Å². The lowest BCUT2D eigenvalue weighted by Crippen LogP contribution is -2.46. The highest BCUT2D eigenvalue weighted by molar-refractivity contribution is 5.50. The summed E-state index contributed by atoms with van der Waals surface area (Å²) in [6.45, 7) is 4.51. The molecule has 2 rings (SSSR count). The van der Waals surface area contributed by atoms with Crippen molar-refractivity contribution in [3.63, 3.8) is 0 Å². The van der Waals surface area contributed by atoms with E-state index in [2.05, 4.69) is 6.92 Å². The van der Waals surface area contributed by atoms with Crippen LogP contribution in [0.5, 0.6) is 5.75 Å². The molecule has 0 N–H and O–H groups in total. The van der Waals surface area contributed by atoms with E-state index in [1.165, 1.54) is 5.56 Å². The van der Waals surface area contributed by atoms with Crippen molar-refractivity contribution in [2.24, 2.45) is 5.41 Å². The van der Waals surface area contributed by atoms with Crippen molar-refractivity contribution >= 4 is 6.29 Å². The Morgan fingerprint density at radius 3 is 2.56 bits per heavy atom. The predicted octanol–water partition coefficient (Wildman–Crippen LogP) is 2.62. The van der Waals surface area contributed by atoms with E-state index in [0.29, 0.717) is 6.42 Å². The number of carbonyl (C=O) groups is 1. The van der Waals surface area contributed by atoms with Crippen molar-refractivity contribution < 1.29 is 14.3 Å². The predicted molar refractivity (Wildman–Crippen MR) is 69.9 cm³/mol. The van der Waals surface area contributed by atoms with E-state index in [1.807, 2.05) is 24.3 Å². The van der Waals surface area contributed by atoms with E-state index >= 15 is 0 Å². The SMILES string of the molecule is CCC1(COc2ccc(CCC=O)cc2)COC1. The minimum Gasteiger partial charge on any atom is -0.493 e. The first-order chi connectivity index (χ1) is 8.78. The second kappa shape index (κ2) is 6.01. The highest BCUT2D eigenvalue weighted by Crippen LogP contribution is 2.31. The first kappa shape index (κ1) is 13.1. The summed E-state index contributed by atoms with van der Waals surface area (Å²) in [4.78, 5) is 10.3. The minimum atomic E-state index is 0.218. The van der Waals surface area contributed by atoms with Crippen LogP contribution >= 0.6 is 0 Å². The number of aldehydes is 1. The number of hydrogen-bond acceptors (Lipinski definition) is 3. The Morgan fingerprint density at radius 1 is 1.33 bits per heavy atom. The maximum Gasteiger partial charge on any atom is 0.120 e. The van der Waals surface area contributed by atoms with Crippen LogP contribution in [0.4, 0.5) is 0 Å². The maximum atomic E-state index is 10.3. The van der Waals surface area contributed by atoms with E-state index < -0.39 is 0 Å². The summed E-state index contributed by atoms with van der Waals surface area (Å²) in [7, 11) is 0. The van der Waals surface area contributed by atoms with Gasteiger partial charge < -0.3 is 14.3 Å². The smallest absolute Gasteiger partial charge is 0.120 e. The monoisotopic (exact) mass is 248 g/mol. The zero-order valence-corrected chi connectivity index (χ0v) is 10.9. The molecule has 0 saturated carbocycles. The van der Waals surface area contributed by atoms with E-state index in [1.54, 1.807) is 0 Å². The van der Waals surface area contributed by atoms with E-state index in [9.17, 15) is 4.79 Å². The number of rotatable bonds is 7. The number of hydrogen-bond donors (Lipinski definition) is 0. The van der Waals surface area contributed by atoms with Gasteiger partial charge in [-0.25, -0.2) is 0 Å². The van der Waals surface area contributed by atoms with Crippen LogP contribution in [0.1, 0.15) is 25.3 Å². The highest BCUT2D eigenvalue weighted by atomic mass is 16.5. The second-order valence-electron chi connectivity index (χ2n) is 4.98. The number of aryl methyl sites for hydroxylation is 1. The molecule has 0 aromatic heterocycles. The number of carbonyl (C=O) groups excluding carboxylic acids is 1. The summed E-state index contributed by atoms with van der Waals surface area (Å²) in [5, 5.41) is 0. The molecule has 0 spiro atoms. The highest BCUT2D eigenvalue weighted by Gasteiger charge is 2.37. The molecule has 0 unspecified atom stereocenters. The van der Waals surface area contributed by atoms with Gasteiger partial charge >= 0.3 is 0 Å². The largest absolute Gasteiger partial charge is 0.493 e. The summed E-state index contributed by atoms with van der Waals surface area (Å²) < 4.78 is 11.1. The van der Waals surface area contributed by atoms with Crippen molar-refractivity contribution in [3.05, 3.63) is 29.8 Å². The molecule has 3 nitrogen and oxygen atoms in total. The zero-order chi connectivity index (χ0) is 12.8. The summed E-state index contributed by atoms with van der Waals surface area (Å²) in [5.74, 6) is 0.893. The molecule has 0 bridgehead atoms. The van der Waals surface area contributed by atoms with Crippen LogP contribution in [-0.2, 0) is 16.0 Å². The Hall–Kier alpha value is -1.35. The Bertz CT molecular complexity index is 374. The van der Waals surface area contributed by atoms with Crippen LogP contribution in [0.2, 0.25) is 0 Å². The van der Waals surface area contributed by atoms with Gasteiger partial charge in [0, 0.05) is 6.42 Å². The topological polar surface area (TPSA) is 35.5 Å². The van der Waals surface area contributed by atoms with Gasteiger partial charge in [0.2, 0.25) is 0 Å². The molecule has 1 aliphatic heterocycles. The van der Waals surface area contributed by atoms with Crippen molar-refractivity contribution in [1.29, 1.82) is 0 Å². The number of ether oxygens (including phenoxy) is 2. The standard InChI is InChI=1S/C15H20O3/c1-2-15(10-17-11-15)12-18-14-7-5-13(6-8-14)4-3-9-16/h5-9H,2-4,10-12H2,1H3. The molecule has 98 valence electrons. The van der Waals surface area contributed by atoms with Crippen LogP contribution < -0.4 is 4.74 Å². The second-order valence-corrected chi connectivity index (χ2v) is 4.98. The van der Waals surface area contributed by atoms with Gasteiger partial charge in [-0.3, -0.25) is 0 Å². The van der Waals surface area contributed by atoms with Crippen molar-refractivity contribution in [2.75, 3.05) is 19.8 Å². The van der Waals surface area contributed by atoms with Crippen molar-refractivity contribution in [1.82, 2.24) is 0 Å². The molecule has 3 heteroatoms. The van der Waals surface area contributed by atoms with Gasteiger partial charge in [0.05, 0.1) is 25.2 Å². The van der Waals surface area contributed by atoms with Crippen molar-refractivity contribution in [2.45, 2.75) is 26.2 Å². The number of benzene rings is 1. The Balaban J connectivity index is 1.84. The van der Waals surface area contributed by atoms with E-state index in [-0.39, 0.29) is 5.41 Å². The Kier molecular flexibility index (Phi) is 4.37. The molecule has 0 amide bonds. The lowest BCUT2D eigenvalue weighted by atomic mass is 9.84. The van der Waals surface area contributed by atoms with E-state index in [4.69, 9.17) is 9.47 Å². The minimum absolute atomic E-state index is 0.218. The third-order valence-corrected chi connectivity index (χ3v) is 3.59. The lowest BCUT2D eigenvalue weighted by Gasteiger charge is -2.40. The molecule has 1 aliphatic rings. The summed E-state index contributed by atoms with van der Waals surface area (Å²) in [6, 6.07) is 8.00. The van der Waals surface area contributed by atoms with E-state index in [0.717, 1.165) is 44.7 Å². The molecule has 1 heterocycles. The fraction of sp³-hybridized carbons (Fsp3) is 0.533. The van der Waals surface area contributed by atoms with Crippen LogP contribution in [-0.4, -0.2) is 26.1 Å². The van der Waals surface area contributed by atoms with Crippen molar-refractivity contribution in [3.8, 4) is 5.75 Å². The molecule has 0 radical (unpaired) electrons. The molecule has 1 saturated heterocycles. The Morgan fingerprint density at radius 2 is 2.06 bits per heavy atom. The van der Waals surface area contributed by atoms with Gasteiger partial charge in [0.15, 0.2) is 0 Å². The summed E-state index contributed by atoms with van der Waals surface area (Å²) in [6.07, 6.45) is 3.42. The summed E-state index contributed by atoms with van der Waals surface area (Å²) in [5.41, 5.74) is 1.39. The molecule has 0 aliphatic carbocycles. The van der Waals surface area contributed by atoms with Crippen LogP contribution in [0.15, 0.2) is 24.3 Å². The van der Waals surface area contributed by atoms with Gasteiger partial charge in [-0.1, -0.05) is 19.1 Å². The van der Waals surface area contributed by atoms with Gasteiger partial charge in [0.25, 0.3) is 0 Å². The normalized spacial score (nSPS) is 16.9. The fourth-order valence-corrected chi connectivity index (χ4v) is 1.99. The molecule has 1 aromatic rings. The third-order valence-electron chi connectivity index (χ3n) is 3.59. The zero-order valence-electron chi connectivity index (χ0n) is 10.9. The first-order valence-corrected chi connectivity index (χ1v) is 6.51. The molecule has 0 atom stereocenters. The van der Waals surface area contributed by atoms with Gasteiger partial charge in [0.1, 0.15) is 12.0 Å². The van der Waals surface area contributed by atoms with Gasteiger partial charge in [-0.15, -0.1) is 0 Å². The van der Waals surface area contributed by atoms with Crippen LogP contribution in [0, 0.1) is 5.41 Å². The molecular weight excluding hydrogens is 228 g/mol. The average Bonchev–Trinajstić information content (AvgIpc) is 2.37. The summed E-state index contributed by atoms with van der Waals surface area (Å²) >= 11 is 0. The van der Waals surface area contributed by atoms with Crippen LogP contribution in [0.25, 0.3) is 0 Å². The average molecular weight is 248 g/mol. The fourth-order valence-electron chi connectivity index (χ4n) is 1.99. The molecule has 18 heavy (non-hydrogen) atoms. The third kappa shape index (κ3) is 3.10. The molecule has 1 aromatic carbocycles. The maximum absolute atomic E-state index is 10.3. The Labute approximate surface area is 108 Å².